The van der Waals surface area contributed by atoms with E-state index >= 15 is 0 Å². The summed E-state index contributed by atoms with van der Waals surface area (Å²) in [5.41, 5.74) is 2.86. The fourth-order valence-electron chi connectivity index (χ4n) is 5.46. The molecule has 7 rings (SSSR count). The number of ether oxygens (including phenoxy) is 2. The Balaban J connectivity index is 1.33. The van der Waals surface area contributed by atoms with Crippen molar-refractivity contribution in [3.8, 4) is 17.1 Å². The standard InChI is InChI=1S/C32H35N9O3/c1-4-39(18-21-5-8-23(43-3)9-6-21)31-29-25(16-27(36-37-29)34-32(42)24-15-20(24)2)26(17-33-31)30-35-28-10-7-22(19-41(28)38-30)40-11-13-44-14-12-40/h5-10,16-17,19-20,24H,4,11-15,18H2,1-3H3,(H,34,36,42)/i1D3,19D. The van der Waals surface area contributed by atoms with Crippen molar-refractivity contribution in [1.82, 2.24) is 29.8 Å². The Morgan fingerprint density at radius 1 is 1.20 bits per heavy atom. The Labute approximate surface area is 260 Å². The lowest BCUT2D eigenvalue weighted by Crippen LogP contribution is -2.36. The zero-order valence-electron chi connectivity index (χ0n) is 28.5. The fourth-order valence-corrected chi connectivity index (χ4v) is 5.46. The minimum Gasteiger partial charge on any atom is -0.497 e. The number of hydrogen-bond acceptors (Lipinski definition) is 10. The van der Waals surface area contributed by atoms with Crippen molar-refractivity contribution in [2.24, 2.45) is 11.8 Å². The van der Waals surface area contributed by atoms with E-state index in [0.29, 0.717) is 71.7 Å². The summed E-state index contributed by atoms with van der Waals surface area (Å²) < 4.78 is 45.4. The Hall–Kier alpha value is -4.84. The highest BCUT2D eigenvalue weighted by molar-refractivity contribution is 6.01. The van der Waals surface area contributed by atoms with E-state index < -0.39 is 6.85 Å². The Bertz CT molecular complexity index is 1980. The molecule has 2 unspecified atom stereocenters. The lowest BCUT2D eigenvalue weighted by molar-refractivity contribution is -0.117. The molecule has 12 nitrogen and oxygen atoms in total. The van der Waals surface area contributed by atoms with Gasteiger partial charge in [0.2, 0.25) is 5.91 Å². The summed E-state index contributed by atoms with van der Waals surface area (Å²) in [5, 5.41) is 16.9. The largest absolute Gasteiger partial charge is 0.497 e. The number of amides is 1. The summed E-state index contributed by atoms with van der Waals surface area (Å²) in [5.74, 6) is 1.64. The molecule has 0 spiro atoms. The van der Waals surface area contributed by atoms with E-state index in [1.54, 1.807) is 24.3 Å². The average molecular weight is 598 g/mol. The van der Waals surface area contributed by atoms with Crippen molar-refractivity contribution >= 4 is 39.8 Å². The SMILES string of the molecule is [2H]c1c(N2CCOCC2)ccc2nc(-c3cnc(N(Cc4ccc(OC)cc4)CC([2H])([2H])[2H])c4nnc(NC(=O)C5CC5C)cc34)nn12. The van der Waals surface area contributed by atoms with Gasteiger partial charge in [-0.05, 0) is 55.1 Å². The molecule has 1 saturated heterocycles. The van der Waals surface area contributed by atoms with Gasteiger partial charge in [0.15, 0.2) is 23.1 Å². The van der Waals surface area contributed by atoms with Gasteiger partial charge in [0.25, 0.3) is 0 Å². The smallest absolute Gasteiger partial charge is 0.228 e. The zero-order chi connectivity index (χ0) is 33.6. The minimum absolute atomic E-state index is 0.0783. The molecule has 1 aliphatic carbocycles. The van der Waals surface area contributed by atoms with Gasteiger partial charge in [-0.3, -0.25) is 4.79 Å². The molecule has 2 fully saturated rings. The number of carbonyl (C=O) groups excluding carboxylic acids is 1. The first kappa shape index (κ1) is 23.6. The van der Waals surface area contributed by atoms with Crippen LogP contribution in [0.3, 0.4) is 0 Å². The molecule has 1 aromatic carbocycles. The number of morpholine rings is 1. The van der Waals surface area contributed by atoms with Crippen LogP contribution in [0.1, 0.15) is 31.2 Å². The first-order valence-corrected chi connectivity index (χ1v) is 14.6. The molecule has 4 aromatic heterocycles. The number of methoxy groups -OCH3 is 1. The molecule has 5 heterocycles. The van der Waals surface area contributed by atoms with Crippen molar-refractivity contribution < 1.29 is 19.8 Å². The molecule has 226 valence electrons. The van der Waals surface area contributed by atoms with Crippen LogP contribution in [-0.4, -0.2) is 75.6 Å². The van der Waals surface area contributed by atoms with Crippen molar-refractivity contribution in [2.45, 2.75) is 26.7 Å². The summed E-state index contributed by atoms with van der Waals surface area (Å²) in [6.45, 7) is 2.14. The average Bonchev–Trinajstić information content (AvgIpc) is 3.65. The van der Waals surface area contributed by atoms with Gasteiger partial charge in [-0.2, -0.15) is 0 Å². The second-order valence-electron chi connectivity index (χ2n) is 11.1. The monoisotopic (exact) mass is 597 g/mol. The summed E-state index contributed by atoms with van der Waals surface area (Å²) in [6.07, 6.45) is 2.58. The molecular formula is C32H35N9O3. The number of benzene rings is 1. The van der Waals surface area contributed by atoms with E-state index in [0.717, 1.165) is 17.7 Å². The lowest BCUT2D eigenvalue weighted by atomic mass is 10.1. The topological polar surface area (TPSA) is 123 Å². The van der Waals surface area contributed by atoms with Crippen LogP contribution in [0.4, 0.5) is 17.3 Å². The summed E-state index contributed by atoms with van der Waals surface area (Å²) in [6, 6.07) is 12.7. The maximum Gasteiger partial charge on any atom is 0.228 e. The van der Waals surface area contributed by atoms with Gasteiger partial charge >= 0.3 is 0 Å². The van der Waals surface area contributed by atoms with Gasteiger partial charge in [0.1, 0.15) is 11.3 Å². The first-order valence-electron chi connectivity index (χ1n) is 16.6. The second kappa shape index (κ2) is 11.7. The molecule has 1 amide bonds. The fraction of sp³-hybridized carbons (Fsp3) is 0.375. The third-order valence-electron chi connectivity index (χ3n) is 8.17. The van der Waals surface area contributed by atoms with Crippen molar-refractivity contribution in [3.63, 3.8) is 0 Å². The number of fused-ring (bicyclic) bond motifs is 2. The van der Waals surface area contributed by atoms with Crippen LogP contribution in [0.25, 0.3) is 27.9 Å². The number of pyridine rings is 2. The Kier molecular flexibility index (Phi) is 6.27. The number of hydrogen-bond donors (Lipinski definition) is 1. The van der Waals surface area contributed by atoms with E-state index in [1.807, 2.05) is 43.3 Å². The molecular weight excluding hydrogens is 558 g/mol. The summed E-state index contributed by atoms with van der Waals surface area (Å²) in [7, 11) is 1.58. The Morgan fingerprint density at radius 2 is 2.02 bits per heavy atom. The highest BCUT2D eigenvalue weighted by Crippen LogP contribution is 2.39. The normalized spacial score (nSPS) is 19.6. The third-order valence-corrected chi connectivity index (χ3v) is 8.17. The van der Waals surface area contributed by atoms with E-state index in [-0.39, 0.29) is 36.9 Å². The maximum atomic E-state index is 12.8. The summed E-state index contributed by atoms with van der Waals surface area (Å²) in [4.78, 5) is 26.0. The molecule has 0 bridgehead atoms. The molecule has 1 saturated carbocycles. The van der Waals surface area contributed by atoms with Crippen LogP contribution in [0.2, 0.25) is 0 Å². The molecule has 12 heteroatoms. The van der Waals surface area contributed by atoms with Crippen LogP contribution < -0.4 is 19.9 Å². The number of anilines is 3. The molecule has 5 aromatic rings. The number of nitrogens with zero attached hydrogens (tertiary/aromatic N) is 8. The Morgan fingerprint density at radius 3 is 2.77 bits per heavy atom. The van der Waals surface area contributed by atoms with E-state index in [2.05, 4.69) is 20.4 Å². The van der Waals surface area contributed by atoms with Gasteiger partial charge in [-0.1, -0.05) is 19.1 Å². The van der Waals surface area contributed by atoms with Gasteiger partial charge in [-0.15, -0.1) is 15.3 Å². The van der Waals surface area contributed by atoms with Gasteiger partial charge < -0.3 is 24.6 Å². The highest BCUT2D eigenvalue weighted by Gasteiger charge is 2.39. The van der Waals surface area contributed by atoms with Crippen molar-refractivity contribution in [1.29, 1.82) is 0 Å². The van der Waals surface area contributed by atoms with Crippen LogP contribution >= 0.6 is 0 Å². The number of nitrogens with one attached hydrogen (secondary N) is 1. The predicted octanol–water partition coefficient (Wildman–Crippen LogP) is 4.20. The minimum atomic E-state index is -2.31. The molecule has 0 radical (unpaired) electrons. The van der Waals surface area contributed by atoms with Gasteiger partial charge in [0.05, 0.1) is 33.6 Å². The van der Waals surface area contributed by atoms with Crippen LogP contribution in [0, 0.1) is 11.8 Å². The van der Waals surface area contributed by atoms with Crippen LogP contribution in [0.5, 0.6) is 5.75 Å². The molecule has 44 heavy (non-hydrogen) atoms. The quantitative estimate of drug-likeness (QED) is 0.264. The first-order chi connectivity index (χ1) is 23.1. The molecule has 2 atom stereocenters. The number of rotatable bonds is 9. The molecule has 1 aliphatic heterocycles. The van der Waals surface area contributed by atoms with Gasteiger partial charge in [0, 0.05) is 53.4 Å². The molecule has 2 aliphatic rings. The van der Waals surface area contributed by atoms with E-state index in [1.165, 1.54) is 4.52 Å². The van der Waals surface area contributed by atoms with E-state index in [4.69, 9.17) is 30.0 Å². The maximum absolute atomic E-state index is 12.8. The number of carbonyl (C=O) groups is 1. The van der Waals surface area contributed by atoms with Crippen LogP contribution in [0.15, 0.2) is 54.8 Å². The summed E-state index contributed by atoms with van der Waals surface area (Å²) >= 11 is 0. The van der Waals surface area contributed by atoms with Crippen molar-refractivity contribution in [2.75, 3.05) is 55.1 Å². The van der Waals surface area contributed by atoms with Crippen molar-refractivity contribution in [3.05, 3.63) is 60.4 Å². The predicted molar refractivity (Wildman–Crippen MR) is 168 cm³/mol. The lowest BCUT2D eigenvalue weighted by Gasteiger charge is -2.28. The van der Waals surface area contributed by atoms with E-state index in [9.17, 15) is 4.79 Å². The van der Waals surface area contributed by atoms with Gasteiger partial charge in [-0.25, -0.2) is 14.5 Å². The van der Waals surface area contributed by atoms with Crippen LogP contribution in [-0.2, 0) is 16.1 Å². The third kappa shape index (κ3) is 5.48. The molecule has 1 N–H and O–H groups in total. The second-order valence-corrected chi connectivity index (χ2v) is 11.1. The number of aromatic nitrogens is 6. The highest BCUT2D eigenvalue weighted by atomic mass is 16.5. The zero-order valence-corrected chi connectivity index (χ0v) is 24.5.